The maximum atomic E-state index is 12.5. The summed E-state index contributed by atoms with van der Waals surface area (Å²) in [6.45, 7) is 6.07. The van der Waals surface area contributed by atoms with Gasteiger partial charge in [0.25, 0.3) is 5.91 Å². The molecule has 2 amide bonds. The number of likely N-dealkylation sites (tertiary alicyclic amines) is 1. The van der Waals surface area contributed by atoms with E-state index in [1.165, 1.54) is 6.42 Å². The van der Waals surface area contributed by atoms with Crippen LogP contribution in [0.5, 0.6) is 0 Å². The van der Waals surface area contributed by atoms with Crippen LogP contribution in [0.2, 0.25) is 5.15 Å². The van der Waals surface area contributed by atoms with Crippen LogP contribution >= 0.6 is 11.6 Å². The summed E-state index contributed by atoms with van der Waals surface area (Å²) in [6.07, 6.45) is 4.98. The normalized spacial score (nSPS) is 22.1. The SMILES string of the molecule is C[C@H]1CCCCN1C(=O)CN1CCN(C(=O)c2cccnc2Cl)CC1. The number of halogens is 1. The molecule has 2 saturated heterocycles. The minimum atomic E-state index is -0.0891. The molecular weight excluding hydrogens is 340 g/mol. The van der Waals surface area contributed by atoms with Crippen molar-refractivity contribution >= 4 is 23.4 Å². The maximum Gasteiger partial charge on any atom is 0.257 e. The molecule has 0 aliphatic carbocycles. The lowest BCUT2D eigenvalue weighted by atomic mass is 10.0. The third kappa shape index (κ3) is 4.30. The lowest BCUT2D eigenvalue weighted by molar-refractivity contribution is -0.136. The van der Waals surface area contributed by atoms with Gasteiger partial charge in [-0.2, -0.15) is 0 Å². The molecular formula is C18H25ClN4O2. The van der Waals surface area contributed by atoms with Crippen LogP contribution in [0.4, 0.5) is 0 Å². The summed E-state index contributed by atoms with van der Waals surface area (Å²) in [5.41, 5.74) is 0.441. The molecule has 0 spiro atoms. The molecule has 0 bridgehead atoms. The molecule has 3 heterocycles. The van der Waals surface area contributed by atoms with Gasteiger partial charge in [-0.05, 0) is 38.3 Å². The van der Waals surface area contributed by atoms with E-state index in [0.717, 1.165) is 19.4 Å². The van der Waals surface area contributed by atoms with Crippen LogP contribution < -0.4 is 0 Å². The first-order valence-electron chi connectivity index (χ1n) is 8.98. The number of nitrogens with zero attached hydrogens (tertiary/aromatic N) is 4. The highest BCUT2D eigenvalue weighted by Crippen LogP contribution is 2.18. The summed E-state index contributed by atoms with van der Waals surface area (Å²) in [4.78, 5) is 35.0. The predicted octanol–water partition coefficient (Wildman–Crippen LogP) is 1.89. The monoisotopic (exact) mass is 364 g/mol. The lowest BCUT2D eigenvalue weighted by Crippen LogP contribution is -2.53. The number of aromatic nitrogens is 1. The van der Waals surface area contributed by atoms with E-state index >= 15 is 0 Å². The fourth-order valence-electron chi connectivity index (χ4n) is 3.58. The van der Waals surface area contributed by atoms with Gasteiger partial charge < -0.3 is 9.80 Å². The molecule has 1 aromatic heterocycles. The van der Waals surface area contributed by atoms with E-state index in [1.807, 2.05) is 4.90 Å². The van der Waals surface area contributed by atoms with Gasteiger partial charge >= 0.3 is 0 Å². The Kier molecular flexibility index (Phi) is 5.91. The van der Waals surface area contributed by atoms with E-state index in [-0.39, 0.29) is 17.0 Å². The van der Waals surface area contributed by atoms with Crippen molar-refractivity contribution in [2.75, 3.05) is 39.3 Å². The molecule has 0 unspecified atom stereocenters. The third-order valence-corrected chi connectivity index (χ3v) is 5.43. The van der Waals surface area contributed by atoms with Gasteiger partial charge in [-0.15, -0.1) is 0 Å². The first kappa shape index (κ1) is 18.1. The second-order valence-electron chi connectivity index (χ2n) is 6.84. The highest BCUT2D eigenvalue weighted by Gasteiger charge is 2.28. The second kappa shape index (κ2) is 8.15. The standard InChI is InChI=1S/C18H25ClN4O2/c1-14-5-2-3-8-23(14)16(24)13-21-9-11-22(12-10-21)18(25)15-6-4-7-20-17(15)19/h4,6-7,14H,2-3,5,8-13H2,1H3/t14-/m0/s1. The number of hydrogen-bond acceptors (Lipinski definition) is 4. The summed E-state index contributed by atoms with van der Waals surface area (Å²) in [5, 5.41) is 0.240. The van der Waals surface area contributed by atoms with Crippen LogP contribution in [0.1, 0.15) is 36.5 Å². The highest BCUT2D eigenvalue weighted by molar-refractivity contribution is 6.32. The van der Waals surface area contributed by atoms with Crippen molar-refractivity contribution in [1.82, 2.24) is 19.7 Å². The third-order valence-electron chi connectivity index (χ3n) is 5.13. The molecule has 1 aromatic rings. The molecule has 0 radical (unpaired) electrons. The minimum Gasteiger partial charge on any atom is -0.339 e. The lowest BCUT2D eigenvalue weighted by Gasteiger charge is -2.38. The average Bonchev–Trinajstić information content (AvgIpc) is 2.62. The van der Waals surface area contributed by atoms with Crippen molar-refractivity contribution in [2.24, 2.45) is 0 Å². The molecule has 6 nitrogen and oxygen atoms in total. The van der Waals surface area contributed by atoms with E-state index < -0.39 is 0 Å². The Bertz CT molecular complexity index is 631. The van der Waals surface area contributed by atoms with Crippen LogP contribution in [0.3, 0.4) is 0 Å². The number of pyridine rings is 1. The number of carbonyl (C=O) groups excluding carboxylic acids is 2. The first-order chi connectivity index (χ1) is 12.1. The largest absolute Gasteiger partial charge is 0.339 e. The zero-order chi connectivity index (χ0) is 17.8. The molecule has 2 aliphatic heterocycles. The molecule has 2 aliphatic rings. The van der Waals surface area contributed by atoms with Gasteiger partial charge in [-0.1, -0.05) is 11.6 Å². The van der Waals surface area contributed by atoms with E-state index in [2.05, 4.69) is 16.8 Å². The van der Waals surface area contributed by atoms with Crippen molar-refractivity contribution < 1.29 is 9.59 Å². The smallest absolute Gasteiger partial charge is 0.257 e. The summed E-state index contributed by atoms with van der Waals surface area (Å²) >= 11 is 6.02. The number of amides is 2. The summed E-state index contributed by atoms with van der Waals surface area (Å²) < 4.78 is 0. The quantitative estimate of drug-likeness (QED) is 0.769. The Balaban J connectivity index is 1.51. The molecule has 2 fully saturated rings. The fourth-order valence-corrected chi connectivity index (χ4v) is 3.78. The number of carbonyl (C=O) groups is 2. The average molecular weight is 365 g/mol. The zero-order valence-electron chi connectivity index (χ0n) is 14.7. The van der Waals surface area contributed by atoms with Crippen LogP contribution in [-0.4, -0.2) is 76.8 Å². The summed E-state index contributed by atoms with van der Waals surface area (Å²) in [5.74, 6) is 0.121. The van der Waals surface area contributed by atoms with Crippen LogP contribution in [0.25, 0.3) is 0 Å². The van der Waals surface area contributed by atoms with Crippen molar-refractivity contribution in [3.05, 3.63) is 29.0 Å². The Labute approximate surface area is 153 Å². The van der Waals surface area contributed by atoms with Gasteiger partial charge in [0.15, 0.2) is 0 Å². The maximum absolute atomic E-state index is 12.5. The number of piperidine rings is 1. The molecule has 0 saturated carbocycles. The molecule has 25 heavy (non-hydrogen) atoms. The van der Waals surface area contributed by atoms with Gasteiger partial charge in [0, 0.05) is 45.0 Å². The highest BCUT2D eigenvalue weighted by atomic mass is 35.5. The predicted molar refractivity (Wildman–Crippen MR) is 96.6 cm³/mol. The van der Waals surface area contributed by atoms with Gasteiger partial charge in [0.05, 0.1) is 12.1 Å². The van der Waals surface area contributed by atoms with E-state index in [1.54, 1.807) is 23.2 Å². The molecule has 1 atom stereocenters. The number of hydrogen-bond donors (Lipinski definition) is 0. The van der Waals surface area contributed by atoms with Crippen LogP contribution in [-0.2, 0) is 4.79 Å². The number of rotatable bonds is 3. The van der Waals surface area contributed by atoms with Gasteiger partial charge in [0.2, 0.25) is 5.91 Å². The van der Waals surface area contributed by atoms with Crippen LogP contribution in [0, 0.1) is 0 Å². The molecule has 7 heteroatoms. The van der Waals surface area contributed by atoms with E-state index in [0.29, 0.717) is 44.3 Å². The Morgan fingerprint density at radius 1 is 1.20 bits per heavy atom. The molecule has 0 N–H and O–H groups in total. The minimum absolute atomic E-state index is 0.0891. The van der Waals surface area contributed by atoms with Crippen LogP contribution in [0.15, 0.2) is 18.3 Å². The molecule has 3 rings (SSSR count). The van der Waals surface area contributed by atoms with E-state index in [4.69, 9.17) is 11.6 Å². The van der Waals surface area contributed by atoms with Crippen molar-refractivity contribution in [3.8, 4) is 0 Å². The first-order valence-corrected chi connectivity index (χ1v) is 9.35. The van der Waals surface area contributed by atoms with Gasteiger partial charge in [0.1, 0.15) is 5.15 Å². The topological polar surface area (TPSA) is 56.8 Å². The number of piperazine rings is 1. The van der Waals surface area contributed by atoms with Crippen molar-refractivity contribution in [2.45, 2.75) is 32.2 Å². The summed E-state index contributed by atoms with van der Waals surface area (Å²) in [7, 11) is 0. The fraction of sp³-hybridized carbons (Fsp3) is 0.611. The Morgan fingerprint density at radius 3 is 2.64 bits per heavy atom. The van der Waals surface area contributed by atoms with Crippen molar-refractivity contribution in [3.63, 3.8) is 0 Å². The van der Waals surface area contributed by atoms with Gasteiger partial charge in [-0.25, -0.2) is 4.98 Å². The summed E-state index contributed by atoms with van der Waals surface area (Å²) in [6, 6.07) is 3.76. The molecule has 136 valence electrons. The zero-order valence-corrected chi connectivity index (χ0v) is 15.4. The Hall–Kier alpha value is -1.66. The molecule has 0 aromatic carbocycles. The Morgan fingerprint density at radius 2 is 1.96 bits per heavy atom. The van der Waals surface area contributed by atoms with E-state index in [9.17, 15) is 9.59 Å². The van der Waals surface area contributed by atoms with Gasteiger partial charge in [-0.3, -0.25) is 14.5 Å². The second-order valence-corrected chi connectivity index (χ2v) is 7.20. The van der Waals surface area contributed by atoms with Crippen molar-refractivity contribution in [1.29, 1.82) is 0 Å².